The van der Waals surface area contributed by atoms with Gasteiger partial charge in [-0.1, -0.05) is 31.9 Å². The molecule has 0 aromatic heterocycles. The zero-order valence-electron chi connectivity index (χ0n) is 10.6. The molecule has 0 aromatic carbocycles. The van der Waals surface area contributed by atoms with Crippen molar-refractivity contribution >= 4 is 0 Å². The Kier molecular flexibility index (Phi) is 2.62. The molecule has 3 fully saturated rings. The summed E-state index contributed by atoms with van der Waals surface area (Å²) in [7, 11) is 0. The number of nitrogens with one attached hydrogen (secondary N) is 1. The highest BCUT2D eigenvalue weighted by Crippen LogP contribution is 2.52. The van der Waals surface area contributed by atoms with Gasteiger partial charge in [0.15, 0.2) is 0 Å². The second kappa shape index (κ2) is 3.87. The maximum atomic E-state index is 4.18. The average molecular weight is 219 g/mol. The molecule has 0 aromatic rings. The minimum absolute atomic E-state index is 0.678. The minimum Gasteiger partial charge on any atom is -0.313 e. The predicted molar refractivity (Wildman–Crippen MR) is 68.3 cm³/mol. The number of rotatable bonds is 0. The van der Waals surface area contributed by atoms with Crippen molar-refractivity contribution in [3.05, 3.63) is 12.2 Å². The quantitative estimate of drug-likeness (QED) is 0.615. The van der Waals surface area contributed by atoms with E-state index in [1.54, 1.807) is 0 Å². The fourth-order valence-electron chi connectivity index (χ4n) is 4.41. The van der Waals surface area contributed by atoms with Gasteiger partial charge in [0.1, 0.15) is 0 Å². The molecule has 2 aliphatic carbocycles. The molecule has 2 saturated carbocycles. The molecule has 1 aliphatic heterocycles. The highest BCUT2D eigenvalue weighted by Gasteiger charge is 2.49. The van der Waals surface area contributed by atoms with Gasteiger partial charge in [-0.25, -0.2) is 0 Å². The maximum absolute atomic E-state index is 4.18. The van der Waals surface area contributed by atoms with Crippen LogP contribution in [0.15, 0.2) is 12.2 Å². The third kappa shape index (κ3) is 1.64. The lowest BCUT2D eigenvalue weighted by Crippen LogP contribution is -2.37. The summed E-state index contributed by atoms with van der Waals surface area (Å²) in [5.74, 6) is 1.94. The van der Waals surface area contributed by atoms with Crippen LogP contribution in [0.1, 0.15) is 51.9 Å². The molecule has 0 radical (unpaired) electrons. The van der Waals surface area contributed by atoms with Crippen LogP contribution in [-0.2, 0) is 0 Å². The summed E-state index contributed by atoms with van der Waals surface area (Å²) < 4.78 is 0. The lowest BCUT2D eigenvalue weighted by atomic mass is 9.61. The lowest BCUT2D eigenvalue weighted by Gasteiger charge is -2.43. The summed E-state index contributed by atoms with van der Waals surface area (Å²) in [4.78, 5) is 0. The summed E-state index contributed by atoms with van der Waals surface area (Å²) in [6, 6.07) is 0.773. The van der Waals surface area contributed by atoms with Gasteiger partial charge in [0.25, 0.3) is 0 Å². The van der Waals surface area contributed by atoms with Gasteiger partial charge in [-0.3, -0.25) is 0 Å². The van der Waals surface area contributed by atoms with Gasteiger partial charge < -0.3 is 5.32 Å². The van der Waals surface area contributed by atoms with Gasteiger partial charge in [0.05, 0.1) is 0 Å². The van der Waals surface area contributed by atoms with Crippen molar-refractivity contribution in [2.45, 2.75) is 57.9 Å². The summed E-state index contributed by atoms with van der Waals surface area (Å²) in [6.45, 7) is 7.90. The van der Waals surface area contributed by atoms with Crippen LogP contribution in [0.5, 0.6) is 0 Å². The normalized spacial score (nSPS) is 48.3. The second-order valence-electron chi connectivity index (χ2n) is 6.63. The molecule has 16 heavy (non-hydrogen) atoms. The first-order valence-corrected chi connectivity index (χ1v) is 7.10. The fourth-order valence-corrected chi connectivity index (χ4v) is 4.41. The third-order valence-electron chi connectivity index (χ3n) is 5.58. The summed E-state index contributed by atoms with van der Waals surface area (Å²) in [5.41, 5.74) is 2.16. The Morgan fingerprint density at radius 1 is 1.25 bits per heavy atom. The second-order valence-corrected chi connectivity index (χ2v) is 6.63. The summed E-state index contributed by atoms with van der Waals surface area (Å²) >= 11 is 0. The molecule has 0 amide bonds. The van der Waals surface area contributed by atoms with Gasteiger partial charge in [0, 0.05) is 12.6 Å². The van der Waals surface area contributed by atoms with Crippen molar-refractivity contribution in [2.75, 3.05) is 6.54 Å². The van der Waals surface area contributed by atoms with Crippen LogP contribution in [0, 0.1) is 17.3 Å². The first kappa shape index (κ1) is 10.8. The number of fused-ring (bicyclic) bond motifs is 2. The van der Waals surface area contributed by atoms with E-state index in [4.69, 9.17) is 0 Å². The van der Waals surface area contributed by atoms with Crippen molar-refractivity contribution < 1.29 is 0 Å². The van der Waals surface area contributed by atoms with Crippen molar-refractivity contribution in [1.29, 1.82) is 0 Å². The van der Waals surface area contributed by atoms with Crippen LogP contribution < -0.4 is 5.32 Å². The molecule has 3 rings (SSSR count). The molecular weight excluding hydrogens is 194 g/mol. The van der Waals surface area contributed by atoms with E-state index in [1.807, 2.05) is 0 Å². The van der Waals surface area contributed by atoms with Crippen molar-refractivity contribution in [3.8, 4) is 0 Å². The Bertz CT molecular complexity index is 286. The smallest absolute Gasteiger partial charge is 0.0138 e. The van der Waals surface area contributed by atoms with E-state index in [0.29, 0.717) is 5.41 Å². The zero-order chi connectivity index (χ0) is 11.2. The molecule has 0 bridgehead atoms. The van der Waals surface area contributed by atoms with E-state index in [1.165, 1.54) is 57.1 Å². The third-order valence-corrected chi connectivity index (χ3v) is 5.58. The van der Waals surface area contributed by atoms with Crippen molar-refractivity contribution in [1.82, 2.24) is 5.32 Å². The Morgan fingerprint density at radius 3 is 2.75 bits per heavy atom. The predicted octanol–water partition coefficient (Wildman–Crippen LogP) is 3.51. The number of hydrogen-bond acceptors (Lipinski definition) is 1. The average Bonchev–Trinajstić information content (AvgIpc) is 2.62. The van der Waals surface area contributed by atoms with Crippen LogP contribution in [0.25, 0.3) is 0 Å². The molecule has 2 unspecified atom stereocenters. The van der Waals surface area contributed by atoms with E-state index in [0.717, 1.165) is 17.9 Å². The largest absolute Gasteiger partial charge is 0.313 e. The van der Waals surface area contributed by atoms with Gasteiger partial charge in [-0.05, 0) is 49.4 Å². The van der Waals surface area contributed by atoms with E-state index in [2.05, 4.69) is 18.8 Å². The van der Waals surface area contributed by atoms with Crippen LogP contribution in [0.3, 0.4) is 0 Å². The van der Waals surface area contributed by atoms with Gasteiger partial charge in [0.2, 0.25) is 0 Å². The van der Waals surface area contributed by atoms with Crippen molar-refractivity contribution in [3.63, 3.8) is 0 Å². The molecule has 1 spiro atoms. The topological polar surface area (TPSA) is 12.0 Å². The SMILES string of the molecule is C=C1CCC2C(C1)NCC21CCC(C)CC1. The van der Waals surface area contributed by atoms with Crippen LogP contribution in [0.2, 0.25) is 0 Å². The molecule has 1 saturated heterocycles. The molecular formula is C15H25N. The van der Waals surface area contributed by atoms with Crippen LogP contribution in [-0.4, -0.2) is 12.6 Å². The summed E-state index contributed by atoms with van der Waals surface area (Å²) in [5, 5.41) is 3.80. The molecule has 1 heterocycles. The van der Waals surface area contributed by atoms with E-state index in [9.17, 15) is 0 Å². The van der Waals surface area contributed by atoms with E-state index in [-0.39, 0.29) is 0 Å². The maximum Gasteiger partial charge on any atom is 0.0138 e. The standard InChI is InChI=1S/C15H25N/c1-11-5-7-15(8-6-11)10-16-14-9-12(2)3-4-13(14)15/h11,13-14,16H,2-10H2,1H3. The van der Waals surface area contributed by atoms with Gasteiger partial charge in [-0.2, -0.15) is 0 Å². The Labute approximate surface area is 99.7 Å². The highest BCUT2D eigenvalue weighted by atomic mass is 15.0. The Hall–Kier alpha value is -0.300. The molecule has 3 aliphatic rings. The van der Waals surface area contributed by atoms with Crippen LogP contribution in [0.4, 0.5) is 0 Å². The fraction of sp³-hybridized carbons (Fsp3) is 0.867. The first-order valence-electron chi connectivity index (χ1n) is 7.10. The molecule has 1 nitrogen and oxygen atoms in total. The number of hydrogen-bond donors (Lipinski definition) is 1. The lowest BCUT2D eigenvalue weighted by molar-refractivity contribution is 0.0993. The first-order chi connectivity index (χ1) is 7.70. The van der Waals surface area contributed by atoms with Crippen molar-refractivity contribution in [2.24, 2.45) is 17.3 Å². The molecule has 2 atom stereocenters. The Balaban J connectivity index is 1.75. The van der Waals surface area contributed by atoms with Gasteiger partial charge in [-0.15, -0.1) is 0 Å². The van der Waals surface area contributed by atoms with Crippen LogP contribution >= 0.6 is 0 Å². The molecule has 90 valence electrons. The monoisotopic (exact) mass is 219 g/mol. The van der Waals surface area contributed by atoms with E-state index < -0.39 is 0 Å². The highest BCUT2D eigenvalue weighted by molar-refractivity contribution is 5.12. The minimum atomic E-state index is 0.678. The molecule has 1 heteroatoms. The zero-order valence-corrected chi connectivity index (χ0v) is 10.6. The Morgan fingerprint density at radius 2 is 2.00 bits per heavy atom. The summed E-state index contributed by atoms with van der Waals surface area (Å²) in [6.07, 6.45) is 9.84. The van der Waals surface area contributed by atoms with E-state index >= 15 is 0 Å². The van der Waals surface area contributed by atoms with Gasteiger partial charge >= 0.3 is 0 Å². The molecule has 1 N–H and O–H groups in total.